The Morgan fingerprint density at radius 3 is 2.21 bits per heavy atom. The Morgan fingerprint density at radius 1 is 0.971 bits per heavy atom. The van der Waals surface area contributed by atoms with Crippen molar-refractivity contribution in [3.8, 4) is 0 Å². The Hall–Kier alpha value is -3.19. The van der Waals surface area contributed by atoms with Crippen LogP contribution in [0.25, 0.3) is 0 Å². The van der Waals surface area contributed by atoms with Crippen molar-refractivity contribution in [3.63, 3.8) is 0 Å². The van der Waals surface area contributed by atoms with Crippen LogP contribution in [-0.2, 0) is 30.3 Å². The summed E-state index contributed by atoms with van der Waals surface area (Å²) in [5.74, 6) is -2.05. The molecule has 3 amide bonds. The van der Waals surface area contributed by atoms with Crippen molar-refractivity contribution in [3.05, 3.63) is 65.2 Å². The van der Waals surface area contributed by atoms with Gasteiger partial charge in [0, 0.05) is 17.1 Å². The number of nitrogens with one attached hydrogen (secondary N) is 1. The lowest BCUT2D eigenvalue weighted by Crippen LogP contribution is -2.48. The zero-order valence-electron chi connectivity index (χ0n) is 18.5. The van der Waals surface area contributed by atoms with Crippen LogP contribution in [0.2, 0.25) is 5.02 Å². The van der Waals surface area contributed by atoms with Crippen molar-refractivity contribution in [2.24, 2.45) is 23.7 Å². The number of ether oxygens (including phenoxy) is 1. The van der Waals surface area contributed by atoms with Gasteiger partial charge in [-0.3, -0.25) is 19.3 Å². The van der Waals surface area contributed by atoms with Crippen LogP contribution in [-0.4, -0.2) is 41.2 Å². The van der Waals surface area contributed by atoms with E-state index in [9.17, 15) is 19.2 Å². The fourth-order valence-corrected chi connectivity index (χ4v) is 5.95. The van der Waals surface area contributed by atoms with Crippen LogP contribution < -0.4 is 5.32 Å². The molecule has 0 radical (unpaired) electrons. The van der Waals surface area contributed by atoms with Gasteiger partial charge in [0.05, 0.1) is 11.8 Å². The maximum Gasteiger partial charge on any atom is 0.330 e. The van der Waals surface area contributed by atoms with Gasteiger partial charge in [0.25, 0.3) is 5.91 Å². The van der Waals surface area contributed by atoms with Gasteiger partial charge in [0.15, 0.2) is 6.61 Å². The van der Waals surface area contributed by atoms with Gasteiger partial charge in [-0.2, -0.15) is 0 Å². The molecule has 2 aromatic rings. The third kappa shape index (κ3) is 4.20. The second-order valence-electron chi connectivity index (χ2n) is 9.30. The highest BCUT2D eigenvalue weighted by atomic mass is 35.5. The summed E-state index contributed by atoms with van der Waals surface area (Å²) in [6.45, 7) is -0.527. The van der Waals surface area contributed by atoms with Crippen LogP contribution in [0.5, 0.6) is 0 Å². The predicted molar refractivity (Wildman–Crippen MR) is 125 cm³/mol. The van der Waals surface area contributed by atoms with Crippen LogP contribution in [0.1, 0.15) is 24.8 Å². The highest BCUT2D eigenvalue weighted by Gasteiger charge is 2.62. The van der Waals surface area contributed by atoms with Crippen molar-refractivity contribution in [2.75, 3.05) is 11.9 Å². The Morgan fingerprint density at radius 2 is 1.59 bits per heavy atom. The second kappa shape index (κ2) is 9.22. The number of carbonyl (C=O) groups excluding carboxylic acids is 4. The monoisotopic (exact) mass is 480 g/mol. The molecular weight excluding hydrogens is 456 g/mol. The first-order valence-electron chi connectivity index (χ1n) is 11.6. The van der Waals surface area contributed by atoms with Crippen molar-refractivity contribution in [1.29, 1.82) is 0 Å². The molecule has 2 aliphatic carbocycles. The van der Waals surface area contributed by atoms with E-state index in [4.69, 9.17) is 16.3 Å². The van der Waals surface area contributed by atoms with Crippen LogP contribution >= 0.6 is 11.6 Å². The molecule has 1 heterocycles. The maximum atomic E-state index is 13.3. The summed E-state index contributed by atoms with van der Waals surface area (Å²) < 4.78 is 5.31. The lowest BCUT2D eigenvalue weighted by atomic mass is 9.81. The van der Waals surface area contributed by atoms with Crippen molar-refractivity contribution in [2.45, 2.75) is 31.7 Å². The number of anilines is 1. The topological polar surface area (TPSA) is 92.8 Å². The number of esters is 1. The number of hydrogen-bond donors (Lipinski definition) is 1. The number of nitrogens with zero attached hydrogens (tertiary/aromatic N) is 1. The summed E-state index contributed by atoms with van der Waals surface area (Å²) >= 11 is 5.85. The molecule has 0 spiro atoms. The van der Waals surface area contributed by atoms with Gasteiger partial charge in [-0.15, -0.1) is 0 Å². The van der Waals surface area contributed by atoms with Crippen molar-refractivity contribution < 1.29 is 23.9 Å². The molecule has 2 aromatic carbocycles. The summed E-state index contributed by atoms with van der Waals surface area (Å²) in [5.41, 5.74) is 1.31. The number of likely N-dealkylation sites (tertiary alicyclic amines) is 1. The van der Waals surface area contributed by atoms with E-state index in [1.165, 1.54) is 0 Å². The van der Waals surface area contributed by atoms with E-state index in [0.717, 1.165) is 29.7 Å². The number of imide groups is 1. The minimum Gasteiger partial charge on any atom is -0.454 e. The number of carbonyl (C=O) groups is 4. The molecule has 0 unspecified atom stereocenters. The summed E-state index contributed by atoms with van der Waals surface area (Å²) in [4.78, 5) is 53.3. The minimum atomic E-state index is -1.10. The fourth-order valence-electron chi connectivity index (χ4n) is 5.82. The molecule has 1 saturated heterocycles. The Labute approximate surface area is 202 Å². The zero-order chi connectivity index (χ0) is 23.8. The standard InChI is InChI=1S/C26H25ClN2O5/c27-18-8-10-19(11-9-18)28-21(30)14-34-26(33)20(12-15-4-2-1-3-5-15)29-24(31)22-16-6-7-17(13-16)23(22)25(29)32/h1-5,8-11,16-17,20,22-23H,6-7,12-14H2,(H,28,30)/t16-,17-,20-,22+,23+/m0/s1. The van der Waals surface area contributed by atoms with Gasteiger partial charge in [0.1, 0.15) is 6.04 Å². The summed E-state index contributed by atoms with van der Waals surface area (Å²) in [5, 5.41) is 3.16. The van der Waals surface area contributed by atoms with Crippen molar-refractivity contribution >= 4 is 41.0 Å². The molecule has 5 rings (SSSR count). The number of rotatable bonds is 7. The smallest absolute Gasteiger partial charge is 0.330 e. The number of hydrogen-bond acceptors (Lipinski definition) is 5. The normalized spacial score (nSPS) is 25.9. The first-order chi connectivity index (χ1) is 16.4. The SMILES string of the molecule is O=C(COC(=O)[C@H](Cc1ccccc1)N1C(=O)[C@@H]2[C@H]3CC[C@@H](C3)[C@H]2C1=O)Nc1ccc(Cl)cc1. The van der Waals surface area contributed by atoms with E-state index in [0.29, 0.717) is 10.7 Å². The van der Waals surface area contributed by atoms with Gasteiger partial charge in [-0.1, -0.05) is 41.9 Å². The van der Waals surface area contributed by atoms with Crippen LogP contribution in [0, 0.1) is 23.7 Å². The quantitative estimate of drug-likeness (QED) is 0.484. The first kappa shape index (κ1) is 22.6. The third-order valence-electron chi connectivity index (χ3n) is 7.29. The highest BCUT2D eigenvalue weighted by Crippen LogP contribution is 2.56. The summed E-state index contributed by atoms with van der Waals surface area (Å²) in [6, 6.07) is 14.6. The van der Waals surface area contributed by atoms with E-state index in [1.54, 1.807) is 24.3 Å². The van der Waals surface area contributed by atoms with Crippen LogP contribution in [0.15, 0.2) is 54.6 Å². The molecule has 7 nitrogen and oxygen atoms in total. The molecule has 1 N–H and O–H groups in total. The molecule has 8 heteroatoms. The molecule has 0 aromatic heterocycles. The molecule has 5 atom stereocenters. The van der Waals surface area contributed by atoms with E-state index in [2.05, 4.69) is 5.32 Å². The minimum absolute atomic E-state index is 0.144. The maximum absolute atomic E-state index is 13.3. The number of halogens is 1. The summed E-state index contributed by atoms with van der Waals surface area (Å²) in [6.07, 6.45) is 2.97. The summed E-state index contributed by atoms with van der Waals surface area (Å²) in [7, 11) is 0. The van der Waals surface area contributed by atoms with E-state index >= 15 is 0 Å². The first-order valence-corrected chi connectivity index (χ1v) is 11.9. The Bertz CT molecular complexity index is 1090. The van der Waals surface area contributed by atoms with Gasteiger partial charge in [-0.25, -0.2) is 4.79 Å². The van der Waals surface area contributed by atoms with Crippen LogP contribution in [0.3, 0.4) is 0 Å². The second-order valence-corrected chi connectivity index (χ2v) is 9.74. The zero-order valence-corrected chi connectivity index (χ0v) is 19.2. The molecule has 3 aliphatic rings. The number of fused-ring (bicyclic) bond motifs is 5. The van der Waals surface area contributed by atoms with Gasteiger partial charge in [0.2, 0.25) is 11.8 Å². The molecule has 2 bridgehead atoms. The average molecular weight is 481 g/mol. The lowest BCUT2D eigenvalue weighted by molar-refractivity contribution is -0.160. The molecule has 34 heavy (non-hydrogen) atoms. The van der Waals surface area contributed by atoms with Gasteiger partial charge < -0.3 is 10.1 Å². The largest absolute Gasteiger partial charge is 0.454 e. The fraction of sp³-hybridized carbons (Fsp3) is 0.385. The van der Waals surface area contributed by atoms with Gasteiger partial charge >= 0.3 is 5.97 Å². The van der Waals surface area contributed by atoms with E-state index in [1.807, 2.05) is 30.3 Å². The molecule has 3 fully saturated rings. The lowest BCUT2D eigenvalue weighted by Gasteiger charge is -2.26. The van der Waals surface area contributed by atoms with E-state index in [-0.39, 0.29) is 41.9 Å². The van der Waals surface area contributed by atoms with Crippen molar-refractivity contribution in [1.82, 2.24) is 4.90 Å². The highest BCUT2D eigenvalue weighted by molar-refractivity contribution is 6.30. The molecule has 2 saturated carbocycles. The predicted octanol–water partition coefficient (Wildman–Crippen LogP) is 3.46. The molecule has 176 valence electrons. The Balaban J connectivity index is 1.31. The average Bonchev–Trinajstić information content (AvgIpc) is 3.52. The molecular formula is C26H25ClN2O5. The Kier molecular flexibility index (Phi) is 6.13. The van der Waals surface area contributed by atoms with Crippen LogP contribution in [0.4, 0.5) is 5.69 Å². The number of benzene rings is 2. The van der Waals surface area contributed by atoms with E-state index < -0.39 is 24.5 Å². The molecule has 1 aliphatic heterocycles. The number of amides is 3. The van der Waals surface area contributed by atoms with Gasteiger partial charge in [-0.05, 0) is 60.9 Å². The third-order valence-corrected chi connectivity index (χ3v) is 7.54.